The number of hydrogen-bond donors (Lipinski definition) is 0. The quantitative estimate of drug-likeness (QED) is 0.237. The van der Waals surface area contributed by atoms with Gasteiger partial charge in [-0.25, -0.2) is 0 Å². The molecule has 0 bridgehead atoms. The first-order valence-electron chi connectivity index (χ1n) is 12.7. The highest BCUT2D eigenvalue weighted by atomic mass is 32.2. The molecule has 1 unspecified atom stereocenters. The van der Waals surface area contributed by atoms with Crippen molar-refractivity contribution in [1.82, 2.24) is 0 Å². The average Bonchev–Trinajstić information content (AvgIpc) is 3.31. The standard InChI is InChI=1S/C32H26BNO2S/c1-30(2)31(3,4)36-33(35-30)21-14-15-23-22-9-5-6-10-24(22)32(26(23)18-21)25-11-7-8-12-28(25)37-29-16-13-20(19-34)17-27(29)32/h5-18H,1-4H3. The molecule has 1 spiro atoms. The van der Waals surface area contributed by atoms with Gasteiger partial charge in [0.15, 0.2) is 0 Å². The van der Waals surface area contributed by atoms with Crippen LogP contribution in [0.1, 0.15) is 55.5 Å². The van der Waals surface area contributed by atoms with E-state index in [0.29, 0.717) is 5.56 Å². The van der Waals surface area contributed by atoms with Crippen molar-refractivity contribution in [2.75, 3.05) is 0 Å². The van der Waals surface area contributed by atoms with E-state index in [0.717, 1.165) is 11.0 Å². The lowest BCUT2D eigenvalue weighted by atomic mass is 9.65. The topological polar surface area (TPSA) is 42.2 Å². The van der Waals surface area contributed by atoms with E-state index in [9.17, 15) is 5.26 Å². The lowest BCUT2D eigenvalue weighted by Crippen LogP contribution is -2.41. The molecule has 1 fully saturated rings. The van der Waals surface area contributed by atoms with Crippen LogP contribution in [0.2, 0.25) is 0 Å². The first-order chi connectivity index (χ1) is 17.8. The molecule has 1 saturated heterocycles. The van der Waals surface area contributed by atoms with E-state index in [4.69, 9.17) is 9.31 Å². The van der Waals surface area contributed by atoms with Crippen LogP contribution in [0.15, 0.2) is 94.7 Å². The van der Waals surface area contributed by atoms with Crippen LogP contribution >= 0.6 is 11.8 Å². The molecule has 4 aromatic carbocycles. The molecule has 5 heteroatoms. The van der Waals surface area contributed by atoms with Crippen molar-refractivity contribution < 1.29 is 9.31 Å². The van der Waals surface area contributed by atoms with E-state index < -0.39 is 23.7 Å². The minimum absolute atomic E-state index is 0.417. The lowest BCUT2D eigenvalue weighted by Gasteiger charge is -2.39. The molecule has 3 aliphatic rings. The molecule has 0 N–H and O–H groups in total. The predicted molar refractivity (Wildman–Crippen MR) is 148 cm³/mol. The van der Waals surface area contributed by atoms with Gasteiger partial charge in [0.05, 0.1) is 28.2 Å². The van der Waals surface area contributed by atoms with E-state index in [-0.39, 0.29) is 0 Å². The lowest BCUT2D eigenvalue weighted by molar-refractivity contribution is 0.00578. The van der Waals surface area contributed by atoms with Crippen LogP contribution in [-0.4, -0.2) is 18.3 Å². The molecule has 2 aliphatic heterocycles. The summed E-state index contributed by atoms with van der Waals surface area (Å²) in [5.74, 6) is 0. The van der Waals surface area contributed by atoms with Gasteiger partial charge in [0, 0.05) is 9.79 Å². The van der Waals surface area contributed by atoms with E-state index >= 15 is 0 Å². The molecule has 180 valence electrons. The fraction of sp³-hybridized carbons (Fsp3) is 0.219. The van der Waals surface area contributed by atoms with Crippen molar-refractivity contribution in [3.63, 3.8) is 0 Å². The maximum atomic E-state index is 9.85. The summed E-state index contributed by atoms with van der Waals surface area (Å²) in [5.41, 5.74) is 7.63. The Bertz CT molecular complexity index is 1640. The van der Waals surface area contributed by atoms with Gasteiger partial charge in [0.2, 0.25) is 0 Å². The SMILES string of the molecule is CC1(C)OB(c2ccc3c(c2)C2(c4ccccc4Sc4ccc(C#N)cc42)c2ccccc2-3)OC1(C)C. The summed E-state index contributed by atoms with van der Waals surface area (Å²) < 4.78 is 12.9. The Labute approximate surface area is 222 Å². The minimum Gasteiger partial charge on any atom is -0.399 e. The number of fused-ring (bicyclic) bond motifs is 9. The maximum Gasteiger partial charge on any atom is 0.494 e. The Hall–Kier alpha value is -3.30. The number of nitriles is 1. The van der Waals surface area contributed by atoms with Crippen LogP contribution in [-0.2, 0) is 14.7 Å². The molecule has 0 amide bonds. The molecule has 37 heavy (non-hydrogen) atoms. The number of hydrogen-bond acceptors (Lipinski definition) is 4. The van der Waals surface area contributed by atoms with Crippen LogP contribution < -0.4 is 5.46 Å². The Morgan fingerprint density at radius 2 is 1.32 bits per heavy atom. The van der Waals surface area contributed by atoms with E-state index in [1.807, 2.05) is 6.07 Å². The summed E-state index contributed by atoms with van der Waals surface area (Å²) in [6.45, 7) is 8.36. The van der Waals surface area contributed by atoms with E-state index in [1.165, 1.54) is 37.6 Å². The molecular weight excluding hydrogens is 473 g/mol. The monoisotopic (exact) mass is 499 g/mol. The summed E-state index contributed by atoms with van der Waals surface area (Å²) in [5, 5.41) is 9.85. The third-order valence-electron chi connectivity index (χ3n) is 8.62. The zero-order valence-corrected chi connectivity index (χ0v) is 22.1. The van der Waals surface area contributed by atoms with Crippen LogP contribution in [0.25, 0.3) is 11.1 Å². The summed E-state index contributed by atoms with van der Waals surface area (Å²) in [4.78, 5) is 2.42. The van der Waals surface area contributed by atoms with Crippen LogP contribution in [0.5, 0.6) is 0 Å². The molecular formula is C32H26BNO2S. The zero-order chi connectivity index (χ0) is 25.6. The van der Waals surface area contributed by atoms with Crippen molar-refractivity contribution in [2.45, 2.75) is 54.1 Å². The van der Waals surface area contributed by atoms with Crippen molar-refractivity contribution in [3.8, 4) is 17.2 Å². The number of benzene rings is 4. The summed E-state index contributed by atoms with van der Waals surface area (Å²) in [7, 11) is -0.450. The van der Waals surface area contributed by atoms with Gasteiger partial charge in [0.25, 0.3) is 0 Å². The maximum absolute atomic E-state index is 9.85. The van der Waals surface area contributed by atoms with Gasteiger partial charge in [-0.05, 0) is 90.8 Å². The highest BCUT2D eigenvalue weighted by Gasteiger charge is 2.54. The Kier molecular flexibility index (Phi) is 4.71. The molecule has 1 atom stereocenters. The molecule has 7 rings (SSSR count). The highest BCUT2D eigenvalue weighted by Crippen LogP contribution is 2.62. The zero-order valence-electron chi connectivity index (χ0n) is 21.3. The van der Waals surface area contributed by atoms with Gasteiger partial charge in [-0.15, -0.1) is 0 Å². The van der Waals surface area contributed by atoms with E-state index in [1.54, 1.807) is 11.8 Å². The third kappa shape index (κ3) is 2.98. The second kappa shape index (κ2) is 7.62. The van der Waals surface area contributed by atoms with Crippen LogP contribution in [0.3, 0.4) is 0 Å². The Balaban J connectivity index is 1.55. The molecule has 0 radical (unpaired) electrons. The predicted octanol–water partition coefficient (Wildman–Crippen LogP) is 6.69. The minimum atomic E-state index is -0.532. The van der Waals surface area contributed by atoms with Gasteiger partial charge < -0.3 is 9.31 Å². The van der Waals surface area contributed by atoms with Gasteiger partial charge in [-0.3, -0.25) is 0 Å². The van der Waals surface area contributed by atoms with Crippen LogP contribution in [0.4, 0.5) is 0 Å². The Morgan fingerprint density at radius 3 is 2.08 bits per heavy atom. The Morgan fingerprint density at radius 1 is 0.676 bits per heavy atom. The van der Waals surface area contributed by atoms with Gasteiger partial charge in [0.1, 0.15) is 0 Å². The molecule has 1 aliphatic carbocycles. The summed E-state index contributed by atoms with van der Waals surface area (Å²) in [6.07, 6.45) is 0. The molecule has 0 aromatic heterocycles. The molecule has 4 aromatic rings. The highest BCUT2D eigenvalue weighted by molar-refractivity contribution is 7.99. The van der Waals surface area contributed by atoms with Gasteiger partial charge in [-0.1, -0.05) is 72.4 Å². The second-order valence-corrected chi connectivity index (χ2v) is 12.2. The second-order valence-electron chi connectivity index (χ2n) is 11.1. The molecule has 3 nitrogen and oxygen atoms in total. The summed E-state index contributed by atoms with van der Waals surface area (Å²) in [6, 6.07) is 32.5. The summed E-state index contributed by atoms with van der Waals surface area (Å²) >= 11 is 1.78. The largest absolute Gasteiger partial charge is 0.494 e. The molecule has 2 heterocycles. The number of nitrogens with zero attached hydrogens (tertiary/aromatic N) is 1. The van der Waals surface area contributed by atoms with Gasteiger partial charge >= 0.3 is 7.12 Å². The third-order valence-corrected chi connectivity index (χ3v) is 9.77. The smallest absolute Gasteiger partial charge is 0.399 e. The first-order valence-corrected chi connectivity index (χ1v) is 13.5. The average molecular weight is 499 g/mol. The van der Waals surface area contributed by atoms with Crippen LogP contribution in [0, 0.1) is 11.3 Å². The fourth-order valence-electron chi connectivity index (χ4n) is 6.11. The first kappa shape index (κ1) is 22.9. The van der Waals surface area contributed by atoms with Crippen molar-refractivity contribution >= 4 is 24.3 Å². The normalized spacial score (nSPS) is 21.6. The number of rotatable bonds is 1. The van der Waals surface area contributed by atoms with E-state index in [2.05, 4.69) is 113 Å². The van der Waals surface area contributed by atoms with Crippen molar-refractivity contribution in [2.24, 2.45) is 0 Å². The molecule has 0 saturated carbocycles. The van der Waals surface area contributed by atoms with Crippen molar-refractivity contribution in [1.29, 1.82) is 5.26 Å². The fourth-order valence-corrected chi connectivity index (χ4v) is 7.29. The van der Waals surface area contributed by atoms with Crippen molar-refractivity contribution in [3.05, 3.63) is 113 Å². The van der Waals surface area contributed by atoms with Gasteiger partial charge in [-0.2, -0.15) is 5.26 Å².